The summed E-state index contributed by atoms with van der Waals surface area (Å²) in [7, 11) is 0. The molecule has 0 fully saturated rings. The molecule has 0 aliphatic carbocycles. The molecule has 5 heteroatoms. The van der Waals surface area contributed by atoms with Crippen molar-refractivity contribution in [3.63, 3.8) is 0 Å². The van der Waals surface area contributed by atoms with Crippen LogP contribution < -0.4 is 5.32 Å². The number of hydrogen-bond donors (Lipinski definition) is 3. The largest absolute Gasteiger partial charge is 0.508 e. The second kappa shape index (κ2) is 7.17. The Morgan fingerprint density at radius 3 is 2.07 bits per heavy atom. The Morgan fingerprint density at radius 2 is 1.33 bits per heavy atom. The summed E-state index contributed by atoms with van der Waals surface area (Å²) in [5.74, 6) is 0.236. The van der Waals surface area contributed by atoms with Crippen LogP contribution in [0.25, 0.3) is 10.8 Å². The first-order valence-electron chi connectivity index (χ1n) is 8.48. The summed E-state index contributed by atoms with van der Waals surface area (Å²) in [6, 6.07) is 25.4. The van der Waals surface area contributed by atoms with E-state index in [4.69, 9.17) is 0 Å². The van der Waals surface area contributed by atoms with Gasteiger partial charge in [0, 0.05) is 22.5 Å². The molecule has 0 radical (unpaired) electrons. The molecule has 3 N–H and O–H groups in total. The van der Waals surface area contributed by atoms with Crippen LogP contribution in [0.3, 0.4) is 0 Å². The normalized spacial score (nSPS) is 11.1. The minimum absolute atomic E-state index is 0.0367. The van der Waals surface area contributed by atoms with E-state index in [0.717, 1.165) is 22.1 Å². The molecule has 0 atom stereocenters. The van der Waals surface area contributed by atoms with E-state index < -0.39 is 0 Å². The van der Waals surface area contributed by atoms with Crippen LogP contribution in [0.1, 0.15) is 0 Å². The molecule has 4 aromatic carbocycles. The van der Waals surface area contributed by atoms with E-state index in [-0.39, 0.29) is 11.5 Å². The van der Waals surface area contributed by atoms with Crippen LogP contribution in [0.15, 0.2) is 95.2 Å². The molecule has 0 saturated heterocycles. The summed E-state index contributed by atoms with van der Waals surface area (Å²) >= 11 is 0. The Hall–Kier alpha value is -3.86. The van der Waals surface area contributed by atoms with E-state index >= 15 is 0 Å². The van der Waals surface area contributed by atoms with Gasteiger partial charge in [0.05, 0.1) is 11.4 Å². The highest BCUT2D eigenvalue weighted by Gasteiger charge is 2.11. The maximum absolute atomic E-state index is 10.6. The van der Waals surface area contributed by atoms with Gasteiger partial charge in [-0.3, -0.25) is 0 Å². The van der Waals surface area contributed by atoms with Gasteiger partial charge in [-0.1, -0.05) is 42.5 Å². The summed E-state index contributed by atoms with van der Waals surface area (Å²) in [5.41, 5.74) is 2.68. The molecule has 0 saturated carbocycles. The quantitative estimate of drug-likeness (QED) is 0.292. The van der Waals surface area contributed by atoms with Crippen molar-refractivity contribution in [1.82, 2.24) is 0 Å². The monoisotopic (exact) mass is 355 g/mol. The molecule has 0 heterocycles. The topological polar surface area (TPSA) is 77.2 Å². The average Bonchev–Trinajstić information content (AvgIpc) is 2.70. The third-order valence-electron chi connectivity index (χ3n) is 4.16. The average molecular weight is 355 g/mol. The Bertz CT molecular complexity index is 1110. The van der Waals surface area contributed by atoms with Crippen molar-refractivity contribution in [3.05, 3.63) is 84.9 Å². The third-order valence-corrected chi connectivity index (χ3v) is 4.16. The number of fused-ring (bicyclic) bond motifs is 1. The van der Waals surface area contributed by atoms with Gasteiger partial charge >= 0.3 is 0 Å². The van der Waals surface area contributed by atoms with Crippen molar-refractivity contribution in [2.75, 3.05) is 5.32 Å². The lowest BCUT2D eigenvalue weighted by atomic mass is 10.1. The zero-order valence-electron chi connectivity index (χ0n) is 14.4. The van der Waals surface area contributed by atoms with Gasteiger partial charge in [-0.2, -0.15) is 5.11 Å². The number of aromatic hydroxyl groups is 2. The van der Waals surface area contributed by atoms with Gasteiger partial charge < -0.3 is 15.5 Å². The minimum Gasteiger partial charge on any atom is -0.508 e. The van der Waals surface area contributed by atoms with Crippen LogP contribution in [0.4, 0.5) is 22.7 Å². The van der Waals surface area contributed by atoms with E-state index in [2.05, 4.69) is 15.5 Å². The number of nitrogens with zero attached hydrogens (tertiary/aromatic N) is 2. The Labute approximate surface area is 156 Å². The highest BCUT2D eigenvalue weighted by Crippen LogP contribution is 2.41. The fourth-order valence-electron chi connectivity index (χ4n) is 2.86. The second-order valence-corrected chi connectivity index (χ2v) is 6.04. The highest BCUT2D eigenvalue weighted by atomic mass is 16.3. The van der Waals surface area contributed by atoms with Crippen molar-refractivity contribution in [2.45, 2.75) is 0 Å². The van der Waals surface area contributed by atoms with Crippen LogP contribution in [0.5, 0.6) is 11.5 Å². The fraction of sp³-hybridized carbons (Fsp3) is 0. The van der Waals surface area contributed by atoms with Crippen molar-refractivity contribution in [1.29, 1.82) is 0 Å². The standard InChI is InChI=1S/C22H17N3O2/c26-17-12-10-15(11-13-17)23-20-14-21(27)22(19-9-5-4-8-18(19)20)25-24-16-6-2-1-3-7-16/h1-14,23,26-27H. The van der Waals surface area contributed by atoms with Crippen LogP contribution in [-0.2, 0) is 0 Å². The van der Waals surface area contributed by atoms with Gasteiger partial charge in [0.1, 0.15) is 17.2 Å². The molecular formula is C22H17N3O2. The van der Waals surface area contributed by atoms with Crippen molar-refractivity contribution in [3.8, 4) is 11.5 Å². The third kappa shape index (κ3) is 3.57. The minimum atomic E-state index is 0.0367. The summed E-state index contributed by atoms with van der Waals surface area (Å²) in [4.78, 5) is 0. The summed E-state index contributed by atoms with van der Waals surface area (Å²) in [6.07, 6.45) is 0. The number of anilines is 2. The summed E-state index contributed by atoms with van der Waals surface area (Å²) < 4.78 is 0. The number of azo groups is 1. The number of benzene rings is 4. The molecule has 4 aromatic rings. The molecule has 0 bridgehead atoms. The number of phenolic OH excluding ortho intramolecular Hbond substituents is 2. The van der Waals surface area contributed by atoms with Crippen LogP contribution >= 0.6 is 0 Å². The molecule has 0 amide bonds. The predicted octanol–water partition coefficient (Wildman–Crippen LogP) is 6.41. The Kier molecular flexibility index (Phi) is 4.41. The van der Waals surface area contributed by atoms with Gasteiger partial charge in [-0.25, -0.2) is 0 Å². The molecule has 27 heavy (non-hydrogen) atoms. The second-order valence-electron chi connectivity index (χ2n) is 6.04. The molecular weight excluding hydrogens is 338 g/mol. The first kappa shape index (κ1) is 16.6. The number of rotatable bonds is 4. The van der Waals surface area contributed by atoms with Crippen molar-refractivity contribution >= 4 is 33.5 Å². The first-order valence-corrected chi connectivity index (χ1v) is 8.48. The molecule has 132 valence electrons. The maximum Gasteiger partial charge on any atom is 0.145 e. The number of phenols is 2. The fourth-order valence-corrected chi connectivity index (χ4v) is 2.86. The SMILES string of the molecule is Oc1ccc(Nc2cc(O)c(N=Nc3ccccc3)c3ccccc23)cc1. The molecule has 0 aliphatic rings. The molecule has 4 rings (SSSR count). The smallest absolute Gasteiger partial charge is 0.145 e. The lowest BCUT2D eigenvalue weighted by Crippen LogP contribution is -1.91. The van der Waals surface area contributed by atoms with Gasteiger partial charge in [0.25, 0.3) is 0 Å². The number of nitrogens with one attached hydrogen (secondary N) is 1. The zero-order chi connectivity index (χ0) is 18.6. The number of hydrogen-bond acceptors (Lipinski definition) is 5. The van der Waals surface area contributed by atoms with Crippen molar-refractivity contribution in [2.24, 2.45) is 10.2 Å². The predicted molar refractivity (Wildman–Crippen MR) is 108 cm³/mol. The molecule has 0 spiro atoms. The van der Waals surface area contributed by atoms with Crippen molar-refractivity contribution < 1.29 is 10.2 Å². The van der Waals surface area contributed by atoms with E-state index in [0.29, 0.717) is 11.4 Å². The van der Waals surface area contributed by atoms with E-state index in [9.17, 15) is 10.2 Å². The van der Waals surface area contributed by atoms with Gasteiger partial charge in [-0.05, 0) is 36.4 Å². The summed E-state index contributed by atoms with van der Waals surface area (Å²) in [6.45, 7) is 0. The maximum atomic E-state index is 10.6. The van der Waals surface area contributed by atoms with Crippen LogP contribution in [0, 0.1) is 0 Å². The van der Waals surface area contributed by atoms with Crippen LogP contribution in [0.2, 0.25) is 0 Å². The van der Waals surface area contributed by atoms with Crippen LogP contribution in [-0.4, -0.2) is 10.2 Å². The first-order chi connectivity index (χ1) is 13.2. The highest BCUT2D eigenvalue weighted by molar-refractivity contribution is 6.04. The van der Waals surface area contributed by atoms with E-state index in [1.165, 1.54) is 0 Å². The lowest BCUT2D eigenvalue weighted by molar-refractivity contribution is 0.475. The Balaban J connectivity index is 1.77. The zero-order valence-corrected chi connectivity index (χ0v) is 14.4. The van der Waals surface area contributed by atoms with E-state index in [1.54, 1.807) is 30.3 Å². The van der Waals surface area contributed by atoms with Gasteiger partial charge in [0.2, 0.25) is 0 Å². The van der Waals surface area contributed by atoms with Gasteiger partial charge in [-0.15, -0.1) is 5.11 Å². The van der Waals surface area contributed by atoms with E-state index in [1.807, 2.05) is 54.6 Å². The summed E-state index contributed by atoms with van der Waals surface area (Å²) in [5, 5.41) is 33.5. The Morgan fingerprint density at radius 1 is 0.667 bits per heavy atom. The molecule has 5 nitrogen and oxygen atoms in total. The lowest BCUT2D eigenvalue weighted by Gasteiger charge is -2.13. The van der Waals surface area contributed by atoms with Gasteiger partial charge in [0.15, 0.2) is 0 Å². The molecule has 0 aliphatic heterocycles. The molecule has 0 aromatic heterocycles. The molecule has 0 unspecified atom stereocenters.